The van der Waals surface area contributed by atoms with Gasteiger partial charge < -0.3 is 10.6 Å². The zero-order chi connectivity index (χ0) is 27.7. The number of ketones is 1. The molecule has 3 rings (SSSR count). The summed E-state index contributed by atoms with van der Waals surface area (Å²) in [4.78, 5) is 42.8. The second-order valence-electron chi connectivity index (χ2n) is 9.72. The van der Waals surface area contributed by atoms with Gasteiger partial charge in [-0.05, 0) is 42.0 Å². The summed E-state index contributed by atoms with van der Waals surface area (Å²) in [7, 11) is 1.55. The topological polar surface area (TPSA) is 112 Å². The van der Waals surface area contributed by atoms with Gasteiger partial charge in [-0.1, -0.05) is 56.8 Å². The number of hydrogen-bond acceptors (Lipinski definition) is 6. The molecule has 0 unspecified atom stereocenters. The van der Waals surface area contributed by atoms with Gasteiger partial charge in [-0.25, -0.2) is 4.98 Å². The second kappa shape index (κ2) is 13.6. The van der Waals surface area contributed by atoms with E-state index in [0.717, 1.165) is 20.8 Å². The zero-order valence-electron chi connectivity index (χ0n) is 22.1. The molecular formula is C30H34N4O3S. The standard InChI is InChI=1S/C30H34N4O3S/c1-19(2)22-10-12-25-27(15-22)38-29(34-25)17-23(16-28(36)32-4)30(37)33-24(11-13-26(35)20(3)18-31)14-21-8-6-5-7-9-21/h5-10,12,15,19,23-24H,3,11,13-14,16-17H2,1-2,4H3,(H,32,36)(H,33,37)/t23-,24+/m0/s1. The number of rotatable bonds is 13. The first kappa shape index (κ1) is 28.7. The fourth-order valence-corrected chi connectivity index (χ4v) is 5.29. The molecule has 2 atom stereocenters. The summed E-state index contributed by atoms with van der Waals surface area (Å²) in [6.07, 6.45) is 1.33. The quantitative estimate of drug-likeness (QED) is 0.242. The number of nitriles is 1. The van der Waals surface area contributed by atoms with Crippen LogP contribution in [0.1, 0.15) is 55.2 Å². The van der Waals surface area contributed by atoms with Crippen molar-refractivity contribution in [1.82, 2.24) is 15.6 Å². The van der Waals surface area contributed by atoms with Crippen molar-refractivity contribution in [3.8, 4) is 6.07 Å². The van der Waals surface area contributed by atoms with Gasteiger partial charge in [0.05, 0.1) is 26.7 Å². The van der Waals surface area contributed by atoms with Crippen molar-refractivity contribution in [2.45, 2.75) is 57.9 Å². The Kier molecular flexibility index (Phi) is 10.3. The fourth-order valence-electron chi connectivity index (χ4n) is 4.19. The summed E-state index contributed by atoms with van der Waals surface area (Å²) in [5, 5.41) is 15.5. The average molecular weight is 531 g/mol. The minimum atomic E-state index is -0.622. The van der Waals surface area contributed by atoms with Crippen LogP contribution in [-0.4, -0.2) is 35.7 Å². The summed E-state index contributed by atoms with van der Waals surface area (Å²) < 4.78 is 1.06. The molecule has 2 aromatic carbocycles. The predicted molar refractivity (Wildman–Crippen MR) is 151 cm³/mol. The molecule has 38 heavy (non-hydrogen) atoms. The summed E-state index contributed by atoms with van der Waals surface area (Å²) in [6.45, 7) is 7.78. The third-order valence-corrected chi connectivity index (χ3v) is 7.53. The highest BCUT2D eigenvalue weighted by Gasteiger charge is 2.26. The number of carbonyl (C=O) groups excluding carboxylic acids is 3. The van der Waals surface area contributed by atoms with Crippen molar-refractivity contribution in [1.29, 1.82) is 5.26 Å². The van der Waals surface area contributed by atoms with Crippen molar-refractivity contribution in [3.05, 3.63) is 76.8 Å². The summed E-state index contributed by atoms with van der Waals surface area (Å²) in [6, 6.07) is 17.3. The largest absolute Gasteiger partial charge is 0.359 e. The monoisotopic (exact) mass is 530 g/mol. The lowest BCUT2D eigenvalue weighted by Crippen LogP contribution is -2.42. The van der Waals surface area contributed by atoms with E-state index in [4.69, 9.17) is 10.2 Å². The van der Waals surface area contributed by atoms with E-state index in [1.165, 1.54) is 5.56 Å². The lowest BCUT2D eigenvalue weighted by molar-refractivity contribution is -0.130. The number of nitrogens with zero attached hydrogens (tertiary/aromatic N) is 2. The molecule has 1 heterocycles. The van der Waals surface area contributed by atoms with Crippen LogP contribution in [0.4, 0.5) is 0 Å². The van der Waals surface area contributed by atoms with E-state index in [1.54, 1.807) is 24.5 Å². The molecule has 0 fully saturated rings. The molecule has 2 amide bonds. The molecule has 1 aromatic heterocycles. The van der Waals surface area contributed by atoms with Crippen molar-refractivity contribution in [2.24, 2.45) is 5.92 Å². The van der Waals surface area contributed by atoms with Crippen LogP contribution >= 0.6 is 11.3 Å². The molecule has 0 aliphatic heterocycles. The molecule has 2 N–H and O–H groups in total. The summed E-state index contributed by atoms with van der Waals surface area (Å²) in [5.41, 5.74) is 3.03. The highest BCUT2D eigenvalue weighted by molar-refractivity contribution is 7.18. The zero-order valence-corrected chi connectivity index (χ0v) is 22.9. The Morgan fingerprint density at radius 3 is 2.50 bits per heavy atom. The number of fused-ring (bicyclic) bond motifs is 1. The van der Waals surface area contributed by atoms with Gasteiger partial charge in [0.2, 0.25) is 11.8 Å². The maximum atomic E-state index is 13.5. The Bertz CT molecular complexity index is 1340. The highest BCUT2D eigenvalue weighted by Crippen LogP contribution is 2.28. The molecular weight excluding hydrogens is 496 g/mol. The number of thiazole rings is 1. The molecule has 0 spiro atoms. The molecule has 0 saturated heterocycles. The first-order chi connectivity index (χ1) is 18.2. The third-order valence-electron chi connectivity index (χ3n) is 6.49. The first-order valence-corrected chi connectivity index (χ1v) is 13.6. The van der Waals surface area contributed by atoms with Crippen LogP contribution in [0.2, 0.25) is 0 Å². The molecule has 8 heteroatoms. The third kappa shape index (κ3) is 8.09. The molecule has 0 saturated carbocycles. The van der Waals surface area contributed by atoms with Gasteiger partial charge in [0.15, 0.2) is 5.78 Å². The van der Waals surface area contributed by atoms with Crippen molar-refractivity contribution in [3.63, 3.8) is 0 Å². The van der Waals surface area contributed by atoms with Crippen molar-refractivity contribution in [2.75, 3.05) is 7.05 Å². The van der Waals surface area contributed by atoms with Crippen LogP contribution < -0.4 is 10.6 Å². The van der Waals surface area contributed by atoms with Crippen molar-refractivity contribution < 1.29 is 14.4 Å². The Labute approximate surface area is 228 Å². The Morgan fingerprint density at radius 1 is 1.11 bits per heavy atom. The number of aromatic nitrogens is 1. The lowest BCUT2D eigenvalue weighted by atomic mass is 9.96. The van der Waals surface area contributed by atoms with Crippen LogP contribution in [0.15, 0.2) is 60.7 Å². The molecule has 0 bridgehead atoms. The minimum absolute atomic E-state index is 0.0255. The van der Waals surface area contributed by atoms with Gasteiger partial charge in [-0.15, -0.1) is 11.3 Å². The van der Waals surface area contributed by atoms with E-state index in [1.807, 2.05) is 36.4 Å². The lowest BCUT2D eigenvalue weighted by Gasteiger charge is -2.22. The number of Topliss-reactive ketones (excluding diaryl/α,β-unsaturated/α-hetero) is 1. The van der Waals surface area contributed by atoms with Crippen molar-refractivity contribution >= 4 is 39.2 Å². The predicted octanol–water partition coefficient (Wildman–Crippen LogP) is 4.87. The Balaban J connectivity index is 1.80. The Hall–Kier alpha value is -3.83. The maximum Gasteiger partial charge on any atom is 0.224 e. The van der Waals surface area contributed by atoms with E-state index in [2.05, 4.69) is 43.2 Å². The molecule has 0 radical (unpaired) electrons. The normalized spacial score (nSPS) is 12.5. The van der Waals surface area contributed by atoms with E-state index < -0.39 is 5.92 Å². The summed E-state index contributed by atoms with van der Waals surface area (Å²) in [5.74, 6) is -1.05. The number of hydrogen-bond donors (Lipinski definition) is 2. The SMILES string of the molecule is C=C(C#N)C(=O)CC[C@H](Cc1ccccc1)NC(=O)[C@@H](CC(=O)NC)Cc1nc2ccc(C(C)C)cc2s1. The number of nitrogens with one attached hydrogen (secondary N) is 2. The average Bonchev–Trinajstić information content (AvgIpc) is 3.32. The minimum Gasteiger partial charge on any atom is -0.359 e. The molecule has 7 nitrogen and oxygen atoms in total. The van der Waals surface area contributed by atoms with Gasteiger partial charge in [0.1, 0.15) is 6.07 Å². The fraction of sp³-hybridized carbons (Fsp3) is 0.367. The van der Waals surface area contributed by atoms with E-state index in [-0.39, 0.29) is 42.1 Å². The second-order valence-corrected chi connectivity index (χ2v) is 10.8. The number of carbonyl (C=O) groups is 3. The smallest absolute Gasteiger partial charge is 0.224 e. The van der Waals surface area contributed by atoms with E-state index >= 15 is 0 Å². The van der Waals surface area contributed by atoms with Crippen LogP contribution in [0, 0.1) is 17.2 Å². The van der Waals surface area contributed by atoms with E-state index in [0.29, 0.717) is 25.2 Å². The number of amides is 2. The van der Waals surface area contributed by atoms with Gasteiger partial charge in [0.25, 0.3) is 0 Å². The van der Waals surface area contributed by atoms with Gasteiger partial charge >= 0.3 is 0 Å². The summed E-state index contributed by atoms with van der Waals surface area (Å²) >= 11 is 1.54. The molecule has 0 aliphatic carbocycles. The highest BCUT2D eigenvalue weighted by atomic mass is 32.1. The van der Waals surface area contributed by atoms with Crippen LogP contribution in [0.5, 0.6) is 0 Å². The van der Waals surface area contributed by atoms with Gasteiger partial charge in [-0.2, -0.15) is 5.26 Å². The van der Waals surface area contributed by atoms with Crippen LogP contribution in [0.3, 0.4) is 0 Å². The number of benzene rings is 2. The molecule has 0 aliphatic rings. The van der Waals surface area contributed by atoms with E-state index in [9.17, 15) is 14.4 Å². The van der Waals surface area contributed by atoms with Crippen LogP contribution in [-0.2, 0) is 27.2 Å². The molecule has 3 aromatic rings. The van der Waals surface area contributed by atoms with Crippen LogP contribution in [0.25, 0.3) is 10.2 Å². The Morgan fingerprint density at radius 2 is 1.84 bits per heavy atom. The number of allylic oxidation sites excluding steroid dienone is 1. The maximum absolute atomic E-state index is 13.5. The first-order valence-electron chi connectivity index (χ1n) is 12.8. The van der Waals surface area contributed by atoms with Gasteiger partial charge in [0, 0.05) is 32.4 Å². The molecule has 198 valence electrons. The van der Waals surface area contributed by atoms with Gasteiger partial charge in [-0.3, -0.25) is 14.4 Å².